The second-order valence-electron chi connectivity index (χ2n) is 4.63. The molecule has 0 radical (unpaired) electrons. The molecule has 2 rings (SSSR count). The molecule has 0 atom stereocenters. The van der Waals surface area contributed by atoms with E-state index in [4.69, 9.17) is 5.11 Å². The van der Waals surface area contributed by atoms with Crippen molar-refractivity contribution in [2.24, 2.45) is 0 Å². The van der Waals surface area contributed by atoms with Gasteiger partial charge in [0, 0.05) is 5.54 Å². The molecule has 1 saturated carbocycles. The average molecular weight is 252 g/mol. The number of carbonyl (C=O) groups excluding carboxylic acids is 1. The van der Waals surface area contributed by atoms with Crippen LogP contribution in [-0.2, 0) is 0 Å². The van der Waals surface area contributed by atoms with E-state index < -0.39 is 17.8 Å². The van der Waals surface area contributed by atoms with Crippen LogP contribution in [0.4, 0.5) is 14.9 Å². The third kappa shape index (κ3) is 2.77. The molecule has 1 aliphatic carbocycles. The van der Waals surface area contributed by atoms with Crippen molar-refractivity contribution in [2.45, 2.75) is 25.3 Å². The summed E-state index contributed by atoms with van der Waals surface area (Å²) in [6, 6.07) is 2.61. The normalized spacial score (nSPS) is 15.9. The van der Waals surface area contributed by atoms with Gasteiger partial charge in [0.25, 0.3) is 0 Å². The smallest absolute Gasteiger partial charge is 0.337 e. The number of amides is 2. The first kappa shape index (κ1) is 12.3. The summed E-state index contributed by atoms with van der Waals surface area (Å²) < 4.78 is 13.0. The molecular formula is C12H13FN2O3. The van der Waals surface area contributed by atoms with E-state index in [-0.39, 0.29) is 16.8 Å². The number of anilines is 1. The van der Waals surface area contributed by atoms with Gasteiger partial charge in [-0.05, 0) is 38.0 Å². The highest BCUT2D eigenvalue weighted by molar-refractivity contribution is 6.00. The van der Waals surface area contributed by atoms with Gasteiger partial charge in [0.15, 0.2) is 0 Å². The van der Waals surface area contributed by atoms with E-state index in [1.165, 1.54) is 0 Å². The van der Waals surface area contributed by atoms with Gasteiger partial charge in [-0.3, -0.25) is 0 Å². The molecule has 18 heavy (non-hydrogen) atoms. The number of carboxylic acids is 1. The number of halogens is 1. The van der Waals surface area contributed by atoms with Crippen molar-refractivity contribution < 1.29 is 19.1 Å². The van der Waals surface area contributed by atoms with Crippen LogP contribution < -0.4 is 10.6 Å². The maximum atomic E-state index is 13.0. The van der Waals surface area contributed by atoms with Gasteiger partial charge in [-0.25, -0.2) is 14.0 Å². The summed E-state index contributed by atoms with van der Waals surface area (Å²) in [7, 11) is 0. The van der Waals surface area contributed by atoms with Crippen LogP contribution in [0.2, 0.25) is 0 Å². The molecule has 0 bridgehead atoms. The van der Waals surface area contributed by atoms with Crippen molar-refractivity contribution in [1.29, 1.82) is 0 Å². The first-order valence-electron chi connectivity index (χ1n) is 5.52. The Hall–Kier alpha value is -2.11. The minimum Gasteiger partial charge on any atom is -0.478 e. The maximum absolute atomic E-state index is 13.0. The molecule has 0 heterocycles. The zero-order valence-electron chi connectivity index (χ0n) is 9.79. The molecule has 1 aliphatic rings. The van der Waals surface area contributed by atoms with Crippen LogP contribution in [0.1, 0.15) is 30.1 Å². The standard InChI is InChI=1S/C12H13FN2O3/c1-12(4-5-12)15-11(18)14-9-6-7(13)2-3-8(9)10(16)17/h2-3,6H,4-5H2,1H3,(H,16,17)(H2,14,15,18). The molecule has 5 nitrogen and oxygen atoms in total. The number of benzene rings is 1. The van der Waals surface area contributed by atoms with Crippen LogP contribution in [0.15, 0.2) is 18.2 Å². The van der Waals surface area contributed by atoms with Gasteiger partial charge in [-0.1, -0.05) is 0 Å². The van der Waals surface area contributed by atoms with E-state index in [0.29, 0.717) is 0 Å². The highest BCUT2D eigenvalue weighted by atomic mass is 19.1. The molecule has 0 saturated heterocycles. The van der Waals surface area contributed by atoms with Gasteiger partial charge in [0.05, 0.1) is 11.3 Å². The highest BCUT2D eigenvalue weighted by Crippen LogP contribution is 2.34. The van der Waals surface area contributed by atoms with Gasteiger partial charge in [0.2, 0.25) is 0 Å². The van der Waals surface area contributed by atoms with E-state index in [9.17, 15) is 14.0 Å². The molecule has 6 heteroatoms. The lowest BCUT2D eigenvalue weighted by Crippen LogP contribution is -2.37. The summed E-state index contributed by atoms with van der Waals surface area (Å²) in [6.07, 6.45) is 1.77. The lowest BCUT2D eigenvalue weighted by Gasteiger charge is -2.13. The van der Waals surface area contributed by atoms with Crippen molar-refractivity contribution in [2.75, 3.05) is 5.32 Å². The van der Waals surface area contributed by atoms with Crippen molar-refractivity contribution >= 4 is 17.7 Å². The van der Waals surface area contributed by atoms with Gasteiger partial charge >= 0.3 is 12.0 Å². The predicted octanol–water partition coefficient (Wildman–Crippen LogP) is 2.20. The second kappa shape index (κ2) is 4.29. The summed E-state index contributed by atoms with van der Waals surface area (Å²) in [5.74, 6) is -1.82. The first-order valence-corrected chi connectivity index (χ1v) is 5.52. The largest absolute Gasteiger partial charge is 0.478 e. The summed E-state index contributed by atoms with van der Waals surface area (Å²) in [5.41, 5.74) is -0.419. The van der Waals surface area contributed by atoms with Crippen LogP contribution in [0.5, 0.6) is 0 Å². The molecule has 0 aliphatic heterocycles. The quantitative estimate of drug-likeness (QED) is 0.771. The number of hydrogen-bond acceptors (Lipinski definition) is 2. The average Bonchev–Trinajstić information content (AvgIpc) is 2.94. The molecule has 0 aromatic heterocycles. The summed E-state index contributed by atoms with van der Waals surface area (Å²) >= 11 is 0. The van der Waals surface area contributed by atoms with Crippen molar-refractivity contribution in [1.82, 2.24) is 5.32 Å². The third-order valence-electron chi connectivity index (χ3n) is 2.88. The molecule has 3 N–H and O–H groups in total. The molecular weight excluding hydrogens is 239 g/mol. The maximum Gasteiger partial charge on any atom is 0.337 e. The number of aromatic carboxylic acids is 1. The summed E-state index contributed by atoms with van der Waals surface area (Å²) in [4.78, 5) is 22.5. The molecule has 1 aromatic carbocycles. The monoisotopic (exact) mass is 252 g/mol. The van der Waals surface area contributed by atoms with Crippen LogP contribution in [0, 0.1) is 5.82 Å². The number of carbonyl (C=O) groups is 2. The zero-order chi connectivity index (χ0) is 13.3. The fourth-order valence-corrected chi connectivity index (χ4v) is 1.55. The van der Waals surface area contributed by atoms with Crippen LogP contribution in [0.3, 0.4) is 0 Å². The molecule has 0 unspecified atom stereocenters. The van der Waals surface area contributed by atoms with E-state index in [2.05, 4.69) is 10.6 Å². The van der Waals surface area contributed by atoms with E-state index in [1.807, 2.05) is 6.92 Å². The number of rotatable bonds is 3. The second-order valence-corrected chi connectivity index (χ2v) is 4.63. The van der Waals surface area contributed by atoms with Crippen molar-refractivity contribution in [3.8, 4) is 0 Å². The Labute approximate surface area is 103 Å². The number of hydrogen-bond donors (Lipinski definition) is 3. The Morgan fingerprint density at radius 2 is 2.06 bits per heavy atom. The Morgan fingerprint density at radius 1 is 1.39 bits per heavy atom. The van der Waals surface area contributed by atoms with E-state index in [0.717, 1.165) is 31.0 Å². The molecule has 96 valence electrons. The topological polar surface area (TPSA) is 78.4 Å². The van der Waals surface area contributed by atoms with Gasteiger partial charge < -0.3 is 15.7 Å². The SMILES string of the molecule is CC1(NC(=O)Nc2cc(F)ccc2C(=O)O)CC1. The van der Waals surface area contributed by atoms with E-state index in [1.54, 1.807) is 0 Å². The van der Waals surface area contributed by atoms with Gasteiger partial charge in [0.1, 0.15) is 5.82 Å². The summed E-state index contributed by atoms with van der Waals surface area (Å²) in [5, 5.41) is 14.0. The fraction of sp³-hybridized carbons (Fsp3) is 0.333. The van der Waals surface area contributed by atoms with Crippen LogP contribution in [-0.4, -0.2) is 22.6 Å². The lowest BCUT2D eigenvalue weighted by molar-refractivity contribution is 0.0698. The Bertz CT molecular complexity index is 512. The van der Waals surface area contributed by atoms with Crippen molar-refractivity contribution in [3.05, 3.63) is 29.6 Å². The molecule has 1 aromatic rings. The predicted molar refractivity (Wildman–Crippen MR) is 63.2 cm³/mol. The first-order chi connectivity index (χ1) is 8.39. The molecule has 1 fully saturated rings. The molecule has 2 amide bonds. The van der Waals surface area contributed by atoms with E-state index >= 15 is 0 Å². The Kier molecular flexibility index (Phi) is 2.94. The Morgan fingerprint density at radius 3 is 2.61 bits per heavy atom. The number of nitrogens with one attached hydrogen (secondary N) is 2. The highest BCUT2D eigenvalue weighted by Gasteiger charge is 2.38. The van der Waals surface area contributed by atoms with Crippen molar-refractivity contribution in [3.63, 3.8) is 0 Å². The Balaban J connectivity index is 2.14. The minimum absolute atomic E-state index is 0.0516. The summed E-state index contributed by atoms with van der Waals surface area (Å²) in [6.45, 7) is 1.89. The molecule has 0 spiro atoms. The zero-order valence-corrected chi connectivity index (χ0v) is 9.79. The van der Waals surface area contributed by atoms with Gasteiger partial charge in [-0.15, -0.1) is 0 Å². The van der Waals surface area contributed by atoms with Crippen LogP contribution in [0.25, 0.3) is 0 Å². The number of carboxylic acid groups (broad SMARTS) is 1. The van der Waals surface area contributed by atoms with Gasteiger partial charge in [-0.2, -0.15) is 0 Å². The minimum atomic E-state index is -1.22. The lowest BCUT2D eigenvalue weighted by atomic mass is 10.2. The van der Waals surface area contributed by atoms with Crippen LogP contribution >= 0.6 is 0 Å². The third-order valence-corrected chi connectivity index (χ3v) is 2.88. The fourth-order valence-electron chi connectivity index (χ4n) is 1.55. The number of urea groups is 1.